The van der Waals surface area contributed by atoms with E-state index in [4.69, 9.17) is 16.3 Å². The van der Waals surface area contributed by atoms with Crippen LogP contribution < -0.4 is 15.5 Å². The second-order valence-corrected chi connectivity index (χ2v) is 6.42. The van der Waals surface area contributed by atoms with Crippen molar-refractivity contribution in [3.8, 4) is 5.75 Å². The van der Waals surface area contributed by atoms with E-state index < -0.39 is 11.8 Å². The molecule has 2 aromatic carbocycles. The average molecular weight is 388 g/mol. The van der Waals surface area contributed by atoms with Gasteiger partial charge in [0.15, 0.2) is 0 Å². The topological polar surface area (TPSA) is 79.8 Å². The maximum absolute atomic E-state index is 12.0. The van der Waals surface area contributed by atoms with Crippen LogP contribution in [0.2, 0.25) is 5.02 Å². The Morgan fingerprint density at radius 2 is 1.89 bits per heavy atom. The zero-order chi connectivity index (χ0) is 19.8. The molecule has 2 N–H and O–H groups in total. The van der Waals surface area contributed by atoms with Crippen molar-refractivity contribution in [2.45, 2.75) is 27.2 Å². The Balaban J connectivity index is 1.98. The molecular weight excluding hydrogens is 366 g/mol. The van der Waals surface area contributed by atoms with Crippen molar-refractivity contribution in [1.29, 1.82) is 0 Å². The van der Waals surface area contributed by atoms with Crippen molar-refractivity contribution < 1.29 is 14.3 Å². The van der Waals surface area contributed by atoms with Crippen LogP contribution >= 0.6 is 11.6 Å². The van der Waals surface area contributed by atoms with E-state index in [1.807, 2.05) is 26.8 Å². The van der Waals surface area contributed by atoms with E-state index in [1.54, 1.807) is 30.3 Å². The summed E-state index contributed by atoms with van der Waals surface area (Å²) >= 11 is 5.99. The standard InChI is InChI=1S/C20H22ClN3O3/c1-4-9-27-18-8-6-16(21)11-15(18)12-22-24-20(26)19(25)23-17-7-5-13(2)14(3)10-17/h5-8,10-12H,4,9H2,1-3H3,(H,23,25)(H,24,26)/b22-12-. The number of aryl methyl sites for hydroxylation is 2. The molecule has 0 fully saturated rings. The Labute approximate surface area is 163 Å². The fraction of sp³-hybridized carbons (Fsp3) is 0.250. The predicted octanol–water partition coefficient (Wildman–Crippen LogP) is 3.83. The molecule has 0 aliphatic heterocycles. The minimum Gasteiger partial charge on any atom is -0.493 e. The summed E-state index contributed by atoms with van der Waals surface area (Å²) in [6.07, 6.45) is 2.24. The van der Waals surface area contributed by atoms with Gasteiger partial charge >= 0.3 is 11.8 Å². The second-order valence-electron chi connectivity index (χ2n) is 5.98. The molecule has 2 amide bonds. The van der Waals surface area contributed by atoms with Crippen LogP contribution in [0.3, 0.4) is 0 Å². The van der Waals surface area contributed by atoms with Gasteiger partial charge in [0.25, 0.3) is 0 Å². The van der Waals surface area contributed by atoms with Crippen molar-refractivity contribution in [3.63, 3.8) is 0 Å². The first-order valence-corrected chi connectivity index (χ1v) is 8.92. The molecule has 2 aromatic rings. The number of carbonyl (C=O) groups excluding carboxylic acids is 2. The lowest BCUT2D eigenvalue weighted by Gasteiger charge is -2.08. The van der Waals surface area contributed by atoms with Gasteiger partial charge in [-0.25, -0.2) is 5.43 Å². The van der Waals surface area contributed by atoms with Gasteiger partial charge in [0.2, 0.25) is 0 Å². The third-order valence-corrected chi connectivity index (χ3v) is 4.01. The number of rotatable bonds is 6. The highest BCUT2D eigenvalue weighted by Gasteiger charge is 2.13. The zero-order valence-corrected chi connectivity index (χ0v) is 16.3. The van der Waals surface area contributed by atoms with Gasteiger partial charge in [0.1, 0.15) is 5.75 Å². The van der Waals surface area contributed by atoms with Crippen LogP contribution in [0.4, 0.5) is 5.69 Å². The Morgan fingerprint density at radius 3 is 2.59 bits per heavy atom. The molecule has 27 heavy (non-hydrogen) atoms. The van der Waals surface area contributed by atoms with Crippen LogP contribution in [0.5, 0.6) is 5.75 Å². The monoisotopic (exact) mass is 387 g/mol. The van der Waals surface area contributed by atoms with Crippen LogP contribution in [0, 0.1) is 13.8 Å². The minimum absolute atomic E-state index is 0.513. The Bertz CT molecular complexity index is 866. The fourth-order valence-electron chi connectivity index (χ4n) is 2.18. The Morgan fingerprint density at radius 1 is 1.11 bits per heavy atom. The van der Waals surface area contributed by atoms with Crippen molar-refractivity contribution >= 4 is 35.3 Å². The Hall–Kier alpha value is -2.86. The summed E-state index contributed by atoms with van der Waals surface area (Å²) in [6, 6.07) is 10.5. The number of hydrogen-bond donors (Lipinski definition) is 2. The molecule has 0 bridgehead atoms. The van der Waals surface area contributed by atoms with Gasteiger partial charge in [-0.2, -0.15) is 5.10 Å². The average Bonchev–Trinajstić information content (AvgIpc) is 2.64. The van der Waals surface area contributed by atoms with Crippen molar-refractivity contribution in [2.24, 2.45) is 5.10 Å². The minimum atomic E-state index is -0.873. The molecule has 0 atom stereocenters. The largest absolute Gasteiger partial charge is 0.493 e. The highest BCUT2D eigenvalue weighted by molar-refractivity contribution is 6.39. The molecule has 6 nitrogen and oxygen atoms in total. The molecule has 0 saturated carbocycles. The first-order chi connectivity index (χ1) is 12.9. The third-order valence-electron chi connectivity index (χ3n) is 3.77. The molecule has 142 valence electrons. The SMILES string of the molecule is CCCOc1ccc(Cl)cc1/C=N\NC(=O)C(=O)Nc1ccc(C)c(C)c1. The summed E-state index contributed by atoms with van der Waals surface area (Å²) < 4.78 is 5.60. The number of hydrazone groups is 1. The lowest BCUT2D eigenvalue weighted by atomic mass is 10.1. The number of amides is 2. The fourth-order valence-corrected chi connectivity index (χ4v) is 2.36. The molecule has 0 saturated heterocycles. The van der Waals surface area contributed by atoms with Crippen LogP contribution in [-0.2, 0) is 9.59 Å². The number of nitrogens with zero attached hydrogens (tertiary/aromatic N) is 1. The Kier molecular flexibility index (Phi) is 7.37. The third kappa shape index (κ3) is 6.11. The first-order valence-electron chi connectivity index (χ1n) is 8.54. The highest BCUT2D eigenvalue weighted by Crippen LogP contribution is 2.21. The summed E-state index contributed by atoms with van der Waals surface area (Å²) in [5, 5.41) is 6.87. The molecule has 0 radical (unpaired) electrons. The zero-order valence-electron chi connectivity index (χ0n) is 15.5. The van der Waals surface area contributed by atoms with Gasteiger partial charge in [0, 0.05) is 16.3 Å². The number of benzene rings is 2. The molecule has 0 aliphatic rings. The summed E-state index contributed by atoms with van der Waals surface area (Å²) in [5.74, 6) is -1.08. The molecular formula is C20H22ClN3O3. The number of carbonyl (C=O) groups is 2. The molecule has 0 aromatic heterocycles. The molecule has 0 heterocycles. The number of ether oxygens (including phenoxy) is 1. The van der Waals surface area contributed by atoms with E-state index in [9.17, 15) is 9.59 Å². The van der Waals surface area contributed by atoms with Gasteiger partial charge < -0.3 is 10.1 Å². The normalized spacial score (nSPS) is 10.7. The number of halogens is 1. The van der Waals surface area contributed by atoms with E-state index in [0.717, 1.165) is 17.5 Å². The van der Waals surface area contributed by atoms with Crippen LogP contribution in [0.15, 0.2) is 41.5 Å². The molecule has 0 unspecified atom stereocenters. The molecule has 0 aliphatic carbocycles. The molecule has 7 heteroatoms. The molecule has 2 rings (SSSR count). The summed E-state index contributed by atoms with van der Waals surface area (Å²) in [6.45, 7) is 6.44. The summed E-state index contributed by atoms with van der Waals surface area (Å²) in [7, 11) is 0. The number of anilines is 1. The van der Waals surface area contributed by atoms with Crippen molar-refractivity contribution in [3.05, 3.63) is 58.1 Å². The van der Waals surface area contributed by atoms with E-state index in [0.29, 0.717) is 28.6 Å². The van der Waals surface area contributed by atoms with E-state index >= 15 is 0 Å². The summed E-state index contributed by atoms with van der Waals surface area (Å²) in [5.41, 5.74) is 5.47. The predicted molar refractivity (Wildman–Crippen MR) is 108 cm³/mol. The smallest absolute Gasteiger partial charge is 0.329 e. The van der Waals surface area contributed by atoms with Gasteiger partial charge in [-0.15, -0.1) is 0 Å². The molecule has 0 spiro atoms. The van der Waals surface area contributed by atoms with Gasteiger partial charge in [-0.3, -0.25) is 9.59 Å². The maximum atomic E-state index is 12.0. The van der Waals surface area contributed by atoms with Crippen LogP contribution in [0.25, 0.3) is 0 Å². The lowest BCUT2D eigenvalue weighted by Crippen LogP contribution is -2.32. The number of nitrogens with one attached hydrogen (secondary N) is 2. The van der Waals surface area contributed by atoms with E-state index in [1.165, 1.54) is 6.21 Å². The number of hydrogen-bond acceptors (Lipinski definition) is 4. The van der Waals surface area contributed by atoms with Gasteiger partial charge in [-0.05, 0) is 61.7 Å². The van der Waals surface area contributed by atoms with E-state index in [2.05, 4.69) is 15.8 Å². The highest BCUT2D eigenvalue weighted by atomic mass is 35.5. The van der Waals surface area contributed by atoms with Crippen molar-refractivity contribution in [1.82, 2.24) is 5.43 Å². The van der Waals surface area contributed by atoms with E-state index in [-0.39, 0.29) is 0 Å². The van der Waals surface area contributed by atoms with Crippen LogP contribution in [0.1, 0.15) is 30.0 Å². The lowest BCUT2D eigenvalue weighted by molar-refractivity contribution is -0.136. The summed E-state index contributed by atoms with van der Waals surface area (Å²) in [4.78, 5) is 23.9. The quantitative estimate of drug-likeness (QED) is 0.449. The van der Waals surface area contributed by atoms with Crippen LogP contribution in [-0.4, -0.2) is 24.6 Å². The maximum Gasteiger partial charge on any atom is 0.329 e. The van der Waals surface area contributed by atoms with Crippen molar-refractivity contribution in [2.75, 3.05) is 11.9 Å². The first kappa shape index (κ1) is 20.5. The second kappa shape index (κ2) is 9.73. The van der Waals surface area contributed by atoms with Gasteiger partial charge in [0.05, 0.1) is 12.8 Å². The van der Waals surface area contributed by atoms with Gasteiger partial charge in [-0.1, -0.05) is 24.6 Å².